The van der Waals surface area contributed by atoms with Gasteiger partial charge in [0.25, 0.3) is 5.95 Å². The monoisotopic (exact) mass is 609 g/mol. The molecule has 1 saturated carbocycles. The van der Waals surface area contributed by atoms with Crippen LogP contribution in [-0.2, 0) is 11.0 Å². The summed E-state index contributed by atoms with van der Waals surface area (Å²) in [6, 6.07) is 0.482. The molecule has 1 heterocycles. The summed E-state index contributed by atoms with van der Waals surface area (Å²) in [7, 11) is 0. The summed E-state index contributed by atoms with van der Waals surface area (Å²) in [6.07, 6.45) is 10.1. The molecule has 1 aromatic rings. The molecule has 1 aliphatic carbocycles. The van der Waals surface area contributed by atoms with Crippen LogP contribution in [0.4, 0.5) is 24.9 Å². The smallest absolute Gasteiger partial charge is 0.388 e. The Labute approximate surface area is 256 Å². The van der Waals surface area contributed by atoms with Crippen molar-refractivity contribution in [2.75, 3.05) is 18.4 Å². The van der Waals surface area contributed by atoms with E-state index in [0.29, 0.717) is 25.4 Å². The number of aromatic nitrogens is 2. The highest BCUT2D eigenvalue weighted by atomic mass is 19.4. The van der Waals surface area contributed by atoms with E-state index in [4.69, 9.17) is 5.73 Å². The Morgan fingerprint density at radius 1 is 1.07 bits per heavy atom. The first kappa shape index (κ1) is 36.3. The third kappa shape index (κ3) is 12.3. The number of carbonyl (C=O) groups is 1. The van der Waals surface area contributed by atoms with Crippen LogP contribution in [0.25, 0.3) is 0 Å². The van der Waals surface area contributed by atoms with Crippen molar-refractivity contribution in [2.45, 2.75) is 136 Å². The molecule has 0 aliphatic heterocycles. The molecule has 1 aromatic heterocycles. The maximum absolute atomic E-state index is 13.8. The Morgan fingerprint density at radius 2 is 1.74 bits per heavy atom. The standard InChI is InChI=1S/C32H54F3N7O/c1-6-11-16-24(13-7-2)38-21-26(23-17-18-23)29(36)40-31-39-22-27(32(33,34)35)30(41-31)37-19-12-20-42(28(43)10-5)25(14-8-3)15-9-4/h21-25,38H,6-20H2,1-5H3,(H3,36,37,39,40,41)/b26-21-. The van der Waals surface area contributed by atoms with E-state index in [1.807, 2.05) is 18.0 Å². The lowest BCUT2D eigenvalue weighted by molar-refractivity contribution is -0.137. The number of unbranched alkanes of at least 4 members (excludes halogenated alkanes) is 1. The molecule has 0 bridgehead atoms. The number of nitrogens with two attached hydrogens (primary N) is 1. The second-order valence-corrected chi connectivity index (χ2v) is 11.5. The third-order valence-corrected chi connectivity index (χ3v) is 7.81. The van der Waals surface area contributed by atoms with Crippen LogP contribution in [0.1, 0.15) is 124 Å². The van der Waals surface area contributed by atoms with Crippen molar-refractivity contribution < 1.29 is 18.0 Å². The molecule has 1 atom stereocenters. The highest BCUT2D eigenvalue weighted by Crippen LogP contribution is 2.37. The summed E-state index contributed by atoms with van der Waals surface area (Å²) in [5.74, 6) is 0.105. The second-order valence-electron chi connectivity index (χ2n) is 11.5. The Balaban J connectivity index is 2.21. The highest BCUT2D eigenvalue weighted by molar-refractivity contribution is 5.99. The summed E-state index contributed by atoms with van der Waals surface area (Å²) < 4.78 is 41.5. The fourth-order valence-electron chi connectivity index (χ4n) is 5.35. The molecule has 1 unspecified atom stereocenters. The number of carbonyl (C=O) groups excluding carboxylic acids is 1. The van der Waals surface area contributed by atoms with Crippen molar-refractivity contribution in [3.05, 3.63) is 23.5 Å². The van der Waals surface area contributed by atoms with Gasteiger partial charge in [0, 0.05) is 49.6 Å². The van der Waals surface area contributed by atoms with Crippen LogP contribution >= 0.6 is 0 Å². The molecule has 0 spiro atoms. The van der Waals surface area contributed by atoms with Crippen LogP contribution < -0.4 is 16.4 Å². The summed E-state index contributed by atoms with van der Waals surface area (Å²) >= 11 is 0. The van der Waals surface area contributed by atoms with Crippen LogP contribution in [0.3, 0.4) is 0 Å². The zero-order valence-corrected chi connectivity index (χ0v) is 26.9. The number of halogens is 3. The molecule has 2 rings (SSSR count). The average Bonchev–Trinajstić information content (AvgIpc) is 3.80. The number of amides is 1. The number of aliphatic imine (C=N–C) groups is 1. The fraction of sp³-hybridized carbons (Fsp3) is 0.750. The van der Waals surface area contributed by atoms with Gasteiger partial charge >= 0.3 is 6.18 Å². The molecular formula is C32H54F3N7O. The zero-order chi connectivity index (χ0) is 31.8. The topological polar surface area (TPSA) is 109 Å². The predicted octanol–water partition coefficient (Wildman–Crippen LogP) is 7.74. The number of nitrogens with one attached hydrogen (secondary N) is 2. The maximum Gasteiger partial charge on any atom is 0.421 e. The minimum absolute atomic E-state index is 0.0670. The van der Waals surface area contributed by atoms with E-state index in [-0.39, 0.29) is 42.0 Å². The quantitative estimate of drug-likeness (QED) is 0.0748. The molecule has 0 radical (unpaired) electrons. The van der Waals surface area contributed by atoms with E-state index < -0.39 is 11.7 Å². The van der Waals surface area contributed by atoms with E-state index in [9.17, 15) is 18.0 Å². The van der Waals surface area contributed by atoms with Gasteiger partial charge in [-0.15, -0.1) is 0 Å². The third-order valence-electron chi connectivity index (χ3n) is 7.81. The van der Waals surface area contributed by atoms with E-state index in [1.54, 1.807) is 0 Å². The van der Waals surface area contributed by atoms with Gasteiger partial charge < -0.3 is 21.3 Å². The van der Waals surface area contributed by atoms with Crippen molar-refractivity contribution in [3.63, 3.8) is 0 Å². The summed E-state index contributed by atoms with van der Waals surface area (Å²) in [6.45, 7) is 11.0. The van der Waals surface area contributed by atoms with Crippen molar-refractivity contribution in [1.82, 2.24) is 20.2 Å². The molecular weight excluding hydrogens is 555 g/mol. The van der Waals surface area contributed by atoms with Gasteiger partial charge in [-0.2, -0.15) is 23.1 Å². The van der Waals surface area contributed by atoms with Gasteiger partial charge in [-0.3, -0.25) is 4.79 Å². The summed E-state index contributed by atoms with van der Waals surface area (Å²) in [5, 5.41) is 6.35. The zero-order valence-electron chi connectivity index (χ0n) is 26.9. The molecule has 1 fully saturated rings. The number of rotatable bonds is 21. The second kappa shape index (κ2) is 18.7. The lowest BCUT2D eigenvalue weighted by atomic mass is 10.0. The molecule has 8 nitrogen and oxygen atoms in total. The van der Waals surface area contributed by atoms with Crippen LogP contribution in [-0.4, -0.2) is 51.8 Å². The van der Waals surface area contributed by atoms with Gasteiger partial charge in [-0.1, -0.05) is 66.7 Å². The Morgan fingerprint density at radius 3 is 2.30 bits per heavy atom. The molecule has 1 aliphatic rings. The molecule has 4 N–H and O–H groups in total. The molecule has 1 amide bonds. The van der Waals surface area contributed by atoms with Crippen molar-refractivity contribution >= 4 is 23.5 Å². The molecule has 0 saturated heterocycles. The summed E-state index contributed by atoms with van der Waals surface area (Å²) in [5.41, 5.74) is 6.27. The Kier molecular flexibility index (Phi) is 15.8. The van der Waals surface area contributed by atoms with Gasteiger partial charge in [0.15, 0.2) is 0 Å². The van der Waals surface area contributed by atoms with E-state index in [2.05, 4.69) is 53.3 Å². The molecule has 11 heteroatoms. The van der Waals surface area contributed by atoms with Gasteiger partial charge in [0.05, 0.1) is 0 Å². The lowest BCUT2D eigenvalue weighted by Crippen LogP contribution is -2.41. The fourth-order valence-corrected chi connectivity index (χ4v) is 5.35. The van der Waals surface area contributed by atoms with E-state index in [1.165, 1.54) is 0 Å². The lowest BCUT2D eigenvalue weighted by Gasteiger charge is -2.32. The minimum Gasteiger partial charge on any atom is -0.388 e. The van der Waals surface area contributed by atoms with Crippen molar-refractivity contribution in [2.24, 2.45) is 16.6 Å². The van der Waals surface area contributed by atoms with Crippen molar-refractivity contribution in [1.29, 1.82) is 0 Å². The number of nitrogens with zero attached hydrogens (tertiary/aromatic N) is 4. The molecule has 0 aromatic carbocycles. The number of alkyl halides is 3. The van der Waals surface area contributed by atoms with Crippen molar-refractivity contribution in [3.8, 4) is 0 Å². The first-order valence-corrected chi connectivity index (χ1v) is 16.4. The molecule has 43 heavy (non-hydrogen) atoms. The highest BCUT2D eigenvalue weighted by Gasteiger charge is 2.35. The van der Waals surface area contributed by atoms with Gasteiger partial charge in [0.1, 0.15) is 17.2 Å². The SMILES string of the molecule is CCCCC(CCC)N/C=C(\C(N)=N\c1ncc(C(F)(F)F)c(NCCCN(C(=O)CC)C(CCC)CCC)n1)C1CC1. The van der Waals surface area contributed by atoms with Crippen LogP contribution in [0.15, 0.2) is 23.0 Å². The van der Waals surface area contributed by atoms with Crippen LogP contribution in [0.2, 0.25) is 0 Å². The van der Waals surface area contributed by atoms with E-state index in [0.717, 1.165) is 82.4 Å². The Hall–Kier alpha value is -2.85. The van der Waals surface area contributed by atoms with E-state index >= 15 is 0 Å². The van der Waals surface area contributed by atoms with Gasteiger partial charge in [-0.05, 0) is 50.9 Å². The number of hydrogen-bond donors (Lipinski definition) is 3. The van der Waals surface area contributed by atoms with Crippen LogP contribution in [0, 0.1) is 5.92 Å². The van der Waals surface area contributed by atoms with Gasteiger partial charge in [-0.25, -0.2) is 4.98 Å². The Bertz CT molecular complexity index is 1030. The first-order chi connectivity index (χ1) is 20.6. The van der Waals surface area contributed by atoms with Gasteiger partial charge in [0.2, 0.25) is 5.91 Å². The first-order valence-electron chi connectivity index (χ1n) is 16.4. The predicted molar refractivity (Wildman–Crippen MR) is 169 cm³/mol. The molecule has 244 valence electrons. The van der Waals surface area contributed by atoms with Crippen LogP contribution in [0.5, 0.6) is 0 Å². The summed E-state index contributed by atoms with van der Waals surface area (Å²) in [4.78, 5) is 26.9. The average molecular weight is 610 g/mol. The number of anilines is 1. The largest absolute Gasteiger partial charge is 0.421 e. The number of amidine groups is 1. The normalized spacial score (nSPS) is 15.1. The number of hydrogen-bond acceptors (Lipinski definition) is 6. The maximum atomic E-state index is 13.8. The minimum atomic E-state index is -4.64.